The Kier molecular flexibility index (Phi) is 6.82. The standard InChI is InChI=1S/C21H26ClN3O3S/c1-24(29(2,27)28)18-9-10-19(20(22)13-18)21(26)23-14-16-7-3-4-8-17(16)15-25-11-5-6-12-25/h3-4,7-10,13H,5-6,11-12,14-15H2,1-2H3,(H,23,26). The van der Waals surface area contributed by atoms with Crippen molar-refractivity contribution >= 4 is 33.2 Å². The summed E-state index contributed by atoms with van der Waals surface area (Å²) in [7, 11) is -1.95. The number of benzene rings is 2. The number of carbonyl (C=O) groups excluding carboxylic acids is 1. The summed E-state index contributed by atoms with van der Waals surface area (Å²) in [5.74, 6) is -0.292. The molecule has 1 heterocycles. The third kappa shape index (κ3) is 5.50. The van der Waals surface area contributed by atoms with Crippen LogP contribution in [0.2, 0.25) is 5.02 Å². The molecule has 2 aromatic rings. The second-order valence-corrected chi connectivity index (χ2v) is 9.75. The van der Waals surface area contributed by atoms with Gasteiger partial charge in [-0.3, -0.25) is 14.0 Å². The van der Waals surface area contributed by atoms with E-state index in [1.165, 1.54) is 31.5 Å². The molecule has 8 heteroatoms. The van der Waals surface area contributed by atoms with Crippen LogP contribution in [0, 0.1) is 0 Å². The summed E-state index contributed by atoms with van der Waals surface area (Å²) >= 11 is 6.26. The van der Waals surface area contributed by atoms with Gasteiger partial charge in [-0.05, 0) is 55.3 Å². The molecule has 1 N–H and O–H groups in total. The van der Waals surface area contributed by atoms with Crippen LogP contribution < -0.4 is 9.62 Å². The van der Waals surface area contributed by atoms with E-state index in [1.807, 2.05) is 18.2 Å². The van der Waals surface area contributed by atoms with Crippen LogP contribution in [-0.2, 0) is 23.1 Å². The molecule has 0 bridgehead atoms. The molecule has 6 nitrogen and oxygen atoms in total. The molecule has 156 valence electrons. The molecule has 0 unspecified atom stereocenters. The molecule has 0 aliphatic carbocycles. The monoisotopic (exact) mass is 435 g/mol. The lowest BCUT2D eigenvalue weighted by atomic mass is 10.1. The van der Waals surface area contributed by atoms with Gasteiger partial charge in [-0.25, -0.2) is 8.42 Å². The number of rotatable bonds is 7. The van der Waals surface area contributed by atoms with Gasteiger partial charge in [0.25, 0.3) is 5.91 Å². The molecule has 0 atom stereocenters. The average molecular weight is 436 g/mol. The Bertz CT molecular complexity index is 988. The molecule has 1 aliphatic heterocycles. The van der Waals surface area contributed by atoms with Gasteiger partial charge in [-0.2, -0.15) is 0 Å². The average Bonchev–Trinajstić information content (AvgIpc) is 3.18. The maximum absolute atomic E-state index is 12.6. The quantitative estimate of drug-likeness (QED) is 0.724. The number of halogens is 1. The van der Waals surface area contributed by atoms with Crippen LogP contribution in [0.25, 0.3) is 0 Å². The van der Waals surface area contributed by atoms with Gasteiger partial charge in [0, 0.05) is 20.1 Å². The Morgan fingerprint density at radius 2 is 1.79 bits per heavy atom. The van der Waals surface area contributed by atoms with E-state index in [1.54, 1.807) is 12.1 Å². The molecule has 29 heavy (non-hydrogen) atoms. The van der Waals surface area contributed by atoms with Crippen LogP contribution in [0.1, 0.15) is 34.3 Å². The van der Waals surface area contributed by atoms with Crippen molar-refractivity contribution < 1.29 is 13.2 Å². The van der Waals surface area contributed by atoms with Gasteiger partial charge in [0.2, 0.25) is 10.0 Å². The van der Waals surface area contributed by atoms with E-state index in [-0.39, 0.29) is 10.9 Å². The summed E-state index contributed by atoms with van der Waals surface area (Å²) in [5, 5.41) is 3.14. The lowest BCUT2D eigenvalue weighted by Gasteiger charge is -2.18. The SMILES string of the molecule is CN(c1ccc(C(=O)NCc2ccccc2CN2CCCC2)c(Cl)c1)S(C)(=O)=O. The first-order valence-corrected chi connectivity index (χ1v) is 11.8. The van der Waals surface area contributed by atoms with Crippen molar-refractivity contribution in [3.05, 3.63) is 64.2 Å². The Hall–Kier alpha value is -2.09. The molecule has 0 aromatic heterocycles. The number of carbonyl (C=O) groups is 1. The summed E-state index contributed by atoms with van der Waals surface area (Å²) in [6.07, 6.45) is 3.59. The van der Waals surface area contributed by atoms with Crippen molar-refractivity contribution in [2.45, 2.75) is 25.9 Å². The first-order valence-electron chi connectivity index (χ1n) is 9.56. The van der Waals surface area contributed by atoms with Crippen LogP contribution in [-0.4, -0.2) is 45.6 Å². The highest BCUT2D eigenvalue weighted by atomic mass is 35.5. The van der Waals surface area contributed by atoms with Gasteiger partial charge in [0.05, 0.1) is 22.5 Å². The summed E-state index contributed by atoms with van der Waals surface area (Å²) in [5.41, 5.74) is 3.02. The summed E-state index contributed by atoms with van der Waals surface area (Å²) < 4.78 is 24.5. The fourth-order valence-corrected chi connectivity index (χ4v) is 4.17. The predicted molar refractivity (Wildman–Crippen MR) is 117 cm³/mol. The number of nitrogens with one attached hydrogen (secondary N) is 1. The smallest absolute Gasteiger partial charge is 0.253 e. The minimum atomic E-state index is -3.40. The number of sulfonamides is 1. The molecule has 1 aliphatic rings. The van der Waals surface area contributed by atoms with Crippen molar-refractivity contribution in [3.8, 4) is 0 Å². The highest BCUT2D eigenvalue weighted by Gasteiger charge is 2.17. The van der Waals surface area contributed by atoms with Crippen LogP contribution in [0.3, 0.4) is 0 Å². The fourth-order valence-electron chi connectivity index (χ4n) is 3.41. The Balaban J connectivity index is 1.68. The van der Waals surface area contributed by atoms with E-state index in [4.69, 9.17) is 11.6 Å². The first-order chi connectivity index (χ1) is 13.8. The van der Waals surface area contributed by atoms with E-state index < -0.39 is 10.0 Å². The first kappa shape index (κ1) is 21.6. The third-order valence-corrected chi connectivity index (χ3v) is 6.73. The van der Waals surface area contributed by atoms with Gasteiger partial charge in [-0.1, -0.05) is 35.9 Å². The van der Waals surface area contributed by atoms with E-state index in [0.29, 0.717) is 17.8 Å². The van der Waals surface area contributed by atoms with Crippen molar-refractivity contribution in [3.63, 3.8) is 0 Å². The number of likely N-dealkylation sites (tertiary alicyclic amines) is 1. The summed E-state index contributed by atoms with van der Waals surface area (Å²) in [6, 6.07) is 12.7. The van der Waals surface area contributed by atoms with Crippen LogP contribution in [0.4, 0.5) is 5.69 Å². The zero-order chi connectivity index (χ0) is 21.0. The van der Waals surface area contributed by atoms with E-state index in [0.717, 1.165) is 35.8 Å². The van der Waals surface area contributed by atoms with E-state index in [9.17, 15) is 13.2 Å². The van der Waals surface area contributed by atoms with E-state index >= 15 is 0 Å². The molecule has 1 saturated heterocycles. The largest absolute Gasteiger partial charge is 0.348 e. The normalized spacial score (nSPS) is 14.7. The summed E-state index contributed by atoms with van der Waals surface area (Å²) in [4.78, 5) is 15.1. The second-order valence-electron chi connectivity index (χ2n) is 7.33. The van der Waals surface area contributed by atoms with Crippen LogP contribution >= 0.6 is 11.6 Å². The molecule has 0 saturated carbocycles. The molecule has 1 amide bonds. The van der Waals surface area contributed by atoms with Crippen molar-refractivity contribution in [2.24, 2.45) is 0 Å². The topological polar surface area (TPSA) is 69.7 Å². The predicted octanol–water partition coefficient (Wildman–Crippen LogP) is 3.26. The molecular formula is C21H26ClN3O3S. The lowest BCUT2D eigenvalue weighted by molar-refractivity contribution is 0.0951. The van der Waals surface area contributed by atoms with Gasteiger partial charge in [-0.15, -0.1) is 0 Å². The van der Waals surface area contributed by atoms with Crippen molar-refractivity contribution in [1.29, 1.82) is 0 Å². The number of anilines is 1. The molecule has 1 fully saturated rings. The molecule has 3 rings (SSSR count). The van der Waals surface area contributed by atoms with Crippen molar-refractivity contribution in [2.75, 3.05) is 30.7 Å². The maximum Gasteiger partial charge on any atom is 0.253 e. The van der Waals surface area contributed by atoms with Gasteiger partial charge in [0.15, 0.2) is 0 Å². The lowest BCUT2D eigenvalue weighted by Crippen LogP contribution is -2.26. The van der Waals surface area contributed by atoms with Gasteiger partial charge >= 0.3 is 0 Å². The highest BCUT2D eigenvalue weighted by molar-refractivity contribution is 7.92. The minimum Gasteiger partial charge on any atom is -0.348 e. The molecular weight excluding hydrogens is 410 g/mol. The van der Waals surface area contributed by atoms with Crippen LogP contribution in [0.15, 0.2) is 42.5 Å². The van der Waals surface area contributed by atoms with Gasteiger partial charge < -0.3 is 5.32 Å². The highest BCUT2D eigenvalue weighted by Crippen LogP contribution is 2.24. The fraction of sp³-hybridized carbons (Fsp3) is 0.381. The van der Waals surface area contributed by atoms with Crippen LogP contribution in [0.5, 0.6) is 0 Å². The van der Waals surface area contributed by atoms with Crippen molar-refractivity contribution in [1.82, 2.24) is 10.2 Å². The molecule has 0 spiro atoms. The molecule has 0 radical (unpaired) electrons. The summed E-state index contributed by atoms with van der Waals surface area (Å²) in [6.45, 7) is 3.53. The van der Waals surface area contributed by atoms with Gasteiger partial charge in [0.1, 0.15) is 0 Å². The third-order valence-electron chi connectivity index (χ3n) is 5.21. The Labute approximate surface area is 177 Å². The number of hydrogen-bond donors (Lipinski definition) is 1. The zero-order valence-electron chi connectivity index (χ0n) is 16.7. The number of amides is 1. The molecule has 2 aromatic carbocycles. The zero-order valence-corrected chi connectivity index (χ0v) is 18.3. The number of hydrogen-bond acceptors (Lipinski definition) is 4. The van der Waals surface area contributed by atoms with E-state index in [2.05, 4.69) is 16.3 Å². The minimum absolute atomic E-state index is 0.209. The maximum atomic E-state index is 12.6. The Morgan fingerprint density at radius 3 is 2.41 bits per heavy atom. The Morgan fingerprint density at radius 1 is 1.14 bits per heavy atom. The second kappa shape index (κ2) is 9.15. The number of nitrogens with zero attached hydrogens (tertiary/aromatic N) is 2.